The number of carbonyl (C=O) groups excluding carboxylic acids is 1. The molecule has 58 heavy (non-hydrogen) atoms. The number of halogens is 1. The van der Waals surface area contributed by atoms with Gasteiger partial charge in [-0.1, -0.05) is 144 Å². The molecule has 0 radical (unpaired) electrons. The summed E-state index contributed by atoms with van der Waals surface area (Å²) in [6.45, 7) is 34.7. The lowest BCUT2D eigenvalue weighted by Gasteiger charge is -2.35. The quantitative estimate of drug-likeness (QED) is 0.128. The third-order valence-electron chi connectivity index (χ3n) is 10.7. The van der Waals surface area contributed by atoms with E-state index in [0.29, 0.717) is 54.9 Å². The van der Waals surface area contributed by atoms with Crippen molar-refractivity contribution < 1.29 is 20.1 Å². The molecule has 5 N–H and O–H groups in total. The van der Waals surface area contributed by atoms with Crippen molar-refractivity contribution >= 4 is 22.2 Å². The highest BCUT2D eigenvalue weighted by Gasteiger charge is 2.27. The summed E-state index contributed by atoms with van der Waals surface area (Å²) in [7, 11) is 4.30. The van der Waals surface area contributed by atoms with Crippen LogP contribution >= 0.6 is 15.9 Å². The Morgan fingerprint density at radius 2 is 0.983 bits per heavy atom. The van der Waals surface area contributed by atoms with Gasteiger partial charge in [0.2, 0.25) is 0 Å². The van der Waals surface area contributed by atoms with Crippen LogP contribution in [0, 0.1) is 10.8 Å². The van der Waals surface area contributed by atoms with Crippen LogP contribution in [0.4, 0.5) is 0 Å². The zero-order chi connectivity index (χ0) is 43.3. The number of fused-ring (bicyclic) bond motifs is 4. The lowest BCUT2D eigenvalue weighted by molar-refractivity contribution is 0.112. The van der Waals surface area contributed by atoms with Gasteiger partial charge >= 0.3 is 0 Å². The molecule has 0 unspecified atom stereocenters. The van der Waals surface area contributed by atoms with Crippen molar-refractivity contribution in [1.82, 2.24) is 20.4 Å². The van der Waals surface area contributed by atoms with Gasteiger partial charge in [-0.25, -0.2) is 0 Å². The van der Waals surface area contributed by atoms with Gasteiger partial charge < -0.3 is 35.8 Å². The average molecular weight is 868 g/mol. The van der Waals surface area contributed by atoms with Crippen LogP contribution in [-0.2, 0) is 47.8 Å². The van der Waals surface area contributed by atoms with Gasteiger partial charge in [-0.3, -0.25) is 4.79 Å². The first-order valence-electron chi connectivity index (χ1n) is 20.4. The number of aromatic hydroxyl groups is 3. The van der Waals surface area contributed by atoms with Crippen molar-refractivity contribution in [1.29, 1.82) is 0 Å². The van der Waals surface area contributed by atoms with Crippen molar-refractivity contribution in [2.45, 2.75) is 145 Å². The highest BCUT2D eigenvalue weighted by Crippen LogP contribution is 2.35. The fourth-order valence-electron chi connectivity index (χ4n) is 7.58. The summed E-state index contributed by atoms with van der Waals surface area (Å²) in [6, 6.07) is 12.4. The highest BCUT2D eigenvalue weighted by atomic mass is 79.9. The van der Waals surface area contributed by atoms with E-state index in [4.69, 9.17) is 0 Å². The minimum absolute atomic E-state index is 0. The number of nitrogens with one attached hydrogen (secondary N) is 2. The Balaban J connectivity index is 0.000000609. The van der Waals surface area contributed by atoms with E-state index in [9.17, 15) is 20.1 Å². The molecule has 0 saturated heterocycles. The van der Waals surface area contributed by atoms with Crippen molar-refractivity contribution in [2.75, 3.05) is 40.3 Å². The number of rotatable bonds is 2. The van der Waals surface area contributed by atoms with Crippen LogP contribution in [0.3, 0.4) is 0 Å². The molecule has 0 fully saturated rings. The van der Waals surface area contributed by atoms with Crippen LogP contribution in [0.2, 0.25) is 0 Å². The summed E-state index contributed by atoms with van der Waals surface area (Å²) in [6.07, 6.45) is 0.691. The summed E-state index contributed by atoms with van der Waals surface area (Å²) in [5.41, 5.74) is 8.48. The van der Waals surface area contributed by atoms with Gasteiger partial charge in [-0.2, -0.15) is 0 Å². The third kappa shape index (κ3) is 14.6. The molecule has 0 saturated carbocycles. The van der Waals surface area contributed by atoms with E-state index in [-0.39, 0.29) is 40.3 Å². The summed E-state index contributed by atoms with van der Waals surface area (Å²) in [5, 5.41) is 40.3. The topological polar surface area (TPSA) is 108 Å². The zero-order valence-electron chi connectivity index (χ0n) is 37.9. The van der Waals surface area contributed by atoms with Crippen LogP contribution in [0.5, 0.6) is 17.2 Å². The summed E-state index contributed by atoms with van der Waals surface area (Å²) in [5.74, 6) is 0.896. The van der Waals surface area contributed by atoms with E-state index in [1.165, 1.54) is 11.1 Å². The second kappa shape index (κ2) is 20.1. The van der Waals surface area contributed by atoms with Crippen LogP contribution in [0.1, 0.15) is 152 Å². The number of hydrogen-bond donors (Lipinski definition) is 5. The lowest BCUT2D eigenvalue weighted by atomic mass is 9.84. The van der Waals surface area contributed by atoms with E-state index in [2.05, 4.69) is 165 Å². The highest BCUT2D eigenvalue weighted by molar-refractivity contribution is 9.08. The molecule has 3 aromatic rings. The molecule has 0 amide bonds. The fraction of sp³-hybridized carbons (Fsp3) is 0.612. The van der Waals surface area contributed by atoms with Crippen LogP contribution in [0.15, 0.2) is 36.4 Å². The molecule has 4 rings (SSSR count). The summed E-state index contributed by atoms with van der Waals surface area (Å²) >= 11 is 3.30. The van der Waals surface area contributed by atoms with E-state index in [0.717, 1.165) is 59.6 Å². The number of phenols is 3. The molecule has 9 heteroatoms. The number of carbonyl (C=O) groups is 1. The minimum Gasteiger partial charge on any atom is -0.507 e. The van der Waals surface area contributed by atoms with Crippen molar-refractivity contribution in [3.63, 3.8) is 0 Å². The largest absolute Gasteiger partial charge is 0.507 e. The Morgan fingerprint density at radius 1 is 0.621 bits per heavy atom. The molecule has 0 aromatic heterocycles. The Hall–Kier alpha value is -2.95. The molecule has 8 nitrogen and oxygen atoms in total. The molecule has 1 aliphatic heterocycles. The van der Waals surface area contributed by atoms with Crippen molar-refractivity contribution in [3.8, 4) is 17.2 Å². The van der Waals surface area contributed by atoms with Gasteiger partial charge in [0.25, 0.3) is 0 Å². The summed E-state index contributed by atoms with van der Waals surface area (Å²) < 4.78 is 0. The molecule has 0 aliphatic carbocycles. The smallest absolute Gasteiger partial charge is 0.153 e. The Bertz CT molecular complexity index is 1740. The van der Waals surface area contributed by atoms with E-state index < -0.39 is 0 Å². The SMILES string of the molecule is C.CC(C)(C)c1cc(C=O)c(O)c(CBr)c1.CN1Cc2cc(C(C)(C)C)cc(c2O)CNCC(C)(C)CNCc2cc(C(C)(C)C)cc(c2O)CN(C)CC(C)(C)C1. The third-order valence-corrected chi connectivity index (χ3v) is 11.3. The minimum atomic E-state index is -0.0254. The monoisotopic (exact) mass is 867 g/mol. The van der Waals surface area contributed by atoms with Gasteiger partial charge in [0.05, 0.1) is 5.56 Å². The Labute approximate surface area is 361 Å². The molecule has 0 atom stereocenters. The zero-order valence-corrected chi connectivity index (χ0v) is 39.5. The average Bonchev–Trinajstić information content (AvgIpc) is 3.05. The molecule has 326 valence electrons. The molecule has 0 spiro atoms. The first-order chi connectivity index (χ1) is 26.1. The molecular weight excluding hydrogens is 788 g/mol. The number of nitrogens with zero attached hydrogens (tertiary/aromatic N) is 2. The second-order valence-corrected chi connectivity index (χ2v) is 21.8. The predicted molar refractivity (Wildman–Crippen MR) is 249 cm³/mol. The van der Waals surface area contributed by atoms with Crippen molar-refractivity contribution in [3.05, 3.63) is 86.5 Å². The normalized spacial score (nSPS) is 17.7. The summed E-state index contributed by atoms with van der Waals surface area (Å²) in [4.78, 5) is 15.5. The number of aldehydes is 1. The van der Waals surface area contributed by atoms with E-state index >= 15 is 0 Å². The number of alkyl halides is 1. The standard InChI is InChI=1S/C36H60N4O2.C12H15BrO2.CH4/c1-33(2,3)29-13-25-17-37-21-35(7,8)22-38-18-26-14-30(34(4,5)6)16-28(32(26)42)20-40(12)24-36(9,10)23-39(11)19-27(15-29)31(25)41;1-12(2,3)10-4-8(6-13)11(15)9(5-10)7-14;/h13-16,37-38,41-42H,17-24H2,1-12H3;4-5,7,15H,6H2,1-3H3;1H4. The van der Waals surface area contributed by atoms with Gasteiger partial charge in [-0.05, 0) is 63.9 Å². The van der Waals surface area contributed by atoms with Crippen LogP contribution in [0.25, 0.3) is 0 Å². The number of hydrogen-bond acceptors (Lipinski definition) is 8. The van der Waals surface area contributed by atoms with E-state index in [1.807, 2.05) is 6.07 Å². The first-order valence-corrected chi connectivity index (χ1v) is 21.6. The van der Waals surface area contributed by atoms with Crippen molar-refractivity contribution in [2.24, 2.45) is 10.8 Å². The van der Waals surface area contributed by atoms with E-state index in [1.54, 1.807) is 6.07 Å². The predicted octanol–water partition coefficient (Wildman–Crippen LogP) is 10.5. The Kier molecular flexibility index (Phi) is 17.7. The maximum Gasteiger partial charge on any atom is 0.153 e. The van der Waals surface area contributed by atoms with Crippen LogP contribution in [-0.4, -0.2) is 71.7 Å². The molecular formula is C49H79BrN4O4. The number of phenolic OH excluding ortho intramolecular Hbond substituents is 3. The molecule has 1 aliphatic rings. The van der Waals surface area contributed by atoms with Gasteiger partial charge in [0.1, 0.15) is 17.2 Å². The van der Waals surface area contributed by atoms with Crippen LogP contribution < -0.4 is 10.6 Å². The second-order valence-electron chi connectivity index (χ2n) is 21.2. The van der Waals surface area contributed by atoms with Gasteiger partial charge in [0, 0.05) is 85.5 Å². The first kappa shape index (κ1) is 51.2. The molecule has 1 heterocycles. The Morgan fingerprint density at radius 3 is 1.33 bits per heavy atom. The van der Waals surface area contributed by atoms with Gasteiger partial charge in [0.15, 0.2) is 6.29 Å². The maximum atomic E-state index is 11.4. The maximum absolute atomic E-state index is 11.4. The molecule has 4 bridgehead atoms. The number of benzene rings is 3. The molecule has 3 aromatic carbocycles. The lowest BCUT2D eigenvalue weighted by Crippen LogP contribution is -2.39. The fourth-order valence-corrected chi connectivity index (χ4v) is 8.01. The van der Waals surface area contributed by atoms with Gasteiger partial charge in [-0.15, -0.1) is 0 Å².